The summed E-state index contributed by atoms with van der Waals surface area (Å²) in [4.78, 5) is 8.41. The lowest BCUT2D eigenvalue weighted by molar-refractivity contribution is 0.780. The maximum absolute atomic E-state index is 5.85. The summed E-state index contributed by atoms with van der Waals surface area (Å²) in [5.74, 6) is 1.14. The molecule has 1 heterocycles. The van der Waals surface area contributed by atoms with Crippen LogP contribution in [0.5, 0.6) is 0 Å². The monoisotopic (exact) mass is 184 g/mol. The van der Waals surface area contributed by atoms with Crippen LogP contribution in [0.3, 0.4) is 0 Å². The molecule has 66 valence electrons. The minimum Gasteiger partial charge on any atom is -0.240 e. The number of nitrogens with zero attached hydrogens (tertiary/aromatic N) is 2. The number of hydrogen-bond donors (Lipinski definition) is 0. The predicted molar refractivity (Wildman–Crippen MR) is 50.4 cm³/mol. The van der Waals surface area contributed by atoms with Gasteiger partial charge in [-0.2, -0.15) is 0 Å². The molecule has 0 spiro atoms. The van der Waals surface area contributed by atoms with Crippen LogP contribution < -0.4 is 0 Å². The van der Waals surface area contributed by atoms with Gasteiger partial charge in [0.1, 0.15) is 5.82 Å². The zero-order chi connectivity index (χ0) is 9.14. The maximum Gasteiger partial charge on any atom is 0.146 e. The Kier molecular flexibility index (Phi) is 3.04. The molecule has 0 aromatic carbocycles. The summed E-state index contributed by atoms with van der Waals surface area (Å²) < 4.78 is 0. The summed E-state index contributed by atoms with van der Waals surface area (Å²) in [6.45, 7) is 6.08. The largest absolute Gasteiger partial charge is 0.240 e. The van der Waals surface area contributed by atoms with Crippen molar-refractivity contribution in [2.75, 3.05) is 0 Å². The highest BCUT2D eigenvalue weighted by Crippen LogP contribution is 2.17. The quantitative estimate of drug-likeness (QED) is 0.661. The number of halogens is 1. The molecule has 0 N–H and O–H groups in total. The van der Waals surface area contributed by atoms with Crippen molar-refractivity contribution in [3.05, 3.63) is 23.8 Å². The summed E-state index contributed by atoms with van der Waals surface area (Å²) in [6.07, 6.45) is 1.76. The molecule has 1 unspecified atom stereocenters. The summed E-state index contributed by atoms with van der Waals surface area (Å²) in [5.41, 5.74) is 1.05. The highest BCUT2D eigenvalue weighted by atomic mass is 35.5. The van der Waals surface area contributed by atoms with Gasteiger partial charge in [-0.05, 0) is 18.9 Å². The van der Waals surface area contributed by atoms with Crippen LogP contribution in [-0.4, -0.2) is 9.97 Å². The number of rotatable bonds is 2. The maximum atomic E-state index is 5.85. The Balaban J connectivity index is 2.96. The Morgan fingerprint density at radius 2 is 2.00 bits per heavy atom. The van der Waals surface area contributed by atoms with Gasteiger partial charge in [0.2, 0.25) is 0 Å². The van der Waals surface area contributed by atoms with Crippen molar-refractivity contribution in [2.24, 2.45) is 0 Å². The van der Waals surface area contributed by atoms with E-state index >= 15 is 0 Å². The van der Waals surface area contributed by atoms with E-state index in [2.05, 4.69) is 23.8 Å². The van der Waals surface area contributed by atoms with Gasteiger partial charge in [0, 0.05) is 11.9 Å². The first-order valence-electron chi connectivity index (χ1n) is 4.08. The molecule has 3 heteroatoms. The molecular formula is C9H13ClN2. The van der Waals surface area contributed by atoms with Crippen molar-refractivity contribution < 1.29 is 0 Å². The van der Waals surface area contributed by atoms with Crippen LogP contribution in [0.1, 0.15) is 43.6 Å². The van der Waals surface area contributed by atoms with Crippen LogP contribution in [0.2, 0.25) is 0 Å². The molecule has 0 aliphatic heterocycles. The third-order valence-corrected chi connectivity index (χ3v) is 1.84. The zero-order valence-electron chi connectivity index (χ0n) is 7.58. The minimum atomic E-state index is -0.108. The van der Waals surface area contributed by atoms with Crippen LogP contribution >= 0.6 is 11.6 Å². The fourth-order valence-corrected chi connectivity index (χ4v) is 1.01. The molecule has 2 nitrogen and oxygen atoms in total. The highest BCUT2D eigenvalue weighted by molar-refractivity contribution is 6.20. The van der Waals surface area contributed by atoms with E-state index in [9.17, 15) is 0 Å². The van der Waals surface area contributed by atoms with E-state index in [1.165, 1.54) is 0 Å². The van der Waals surface area contributed by atoms with Gasteiger partial charge in [0.05, 0.1) is 5.38 Å². The van der Waals surface area contributed by atoms with Crippen molar-refractivity contribution >= 4 is 11.6 Å². The Bertz CT molecular complexity index is 235. The molecule has 12 heavy (non-hydrogen) atoms. The summed E-state index contributed by atoms with van der Waals surface area (Å²) in [5, 5.41) is -0.108. The molecule has 0 amide bonds. The van der Waals surface area contributed by atoms with Gasteiger partial charge in [-0.1, -0.05) is 13.8 Å². The predicted octanol–water partition coefficient (Wildman–Crippen LogP) is 2.90. The first-order chi connectivity index (χ1) is 5.61. The van der Waals surface area contributed by atoms with Crippen molar-refractivity contribution in [2.45, 2.75) is 32.1 Å². The SMILES string of the molecule is CC(C)c1ccnc(C(C)Cl)n1. The second-order valence-corrected chi connectivity index (χ2v) is 3.77. The zero-order valence-corrected chi connectivity index (χ0v) is 8.34. The van der Waals surface area contributed by atoms with Gasteiger partial charge in [-0.15, -0.1) is 11.6 Å². The van der Waals surface area contributed by atoms with E-state index in [1.807, 2.05) is 13.0 Å². The topological polar surface area (TPSA) is 25.8 Å². The summed E-state index contributed by atoms with van der Waals surface area (Å²) >= 11 is 5.85. The van der Waals surface area contributed by atoms with Crippen molar-refractivity contribution in [3.63, 3.8) is 0 Å². The molecule has 1 aromatic rings. The standard InChI is InChI=1S/C9H13ClN2/c1-6(2)8-4-5-11-9(12-8)7(3)10/h4-7H,1-3H3. The molecule has 1 rings (SSSR count). The normalized spacial score (nSPS) is 13.4. The van der Waals surface area contributed by atoms with Gasteiger partial charge in [-0.25, -0.2) is 9.97 Å². The third kappa shape index (κ3) is 2.18. The second kappa shape index (κ2) is 3.85. The van der Waals surface area contributed by atoms with E-state index in [4.69, 9.17) is 11.6 Å². The highest BCUT2D eigenvalue weighted by Gasteiger charge is 2.06. The molecule has 0 radical (unpaired) electrons. The molecule has 0 aliphatic carbocycles. The first-order valence-corrected chi connectivity index (χ1v) is 4.52. The van der Waals surface area contributed by atoms with Gasteiger partial charge in [-0.3, -0.25) is 0 Å². The van der Waals surface area contributed by atoms with Gasteiger partial charge in [0.25, 0.3) is 0 Å². The van der Waals surface area contributed by atoms with Crippen molar-refractivity contribution in [3.8, 4) is 0 Å². The van der Waals surface area contributed by atoms with E-state index in [-0.39, 0.29) is 5.38 Å². The van der Waals surface area contributed by atoms with Crippen LogP contribution in [0, 0.1) is 0 Å². The first kappa shape index (κ1) is 9.46. The molecule has 1 aromatic heterocycles. The van der Waals surface area contributed by atoms with Crippen LogP contribution in [-0.2, 0) is 0 Å². The van der Waals surface area contributed by atoms with Crippen molar-refractivity contribution in [1.29, 1.82) is 0 Å². The second-order valence-electron chi connectivity index (χ2n) is 3.11. The van der Waals surface area contributed by atoms with Crippen LogP contribution in [0.15, 0.2) is 12.3 Å². The lowest BCUT2D eigenvalue weighted by Gasteiger charge is -2.06. The van der Waals surface area contributed by atoms with Crippen LogP contribution in [0.4, 0.5) is 0 Å². The van der Waals surface area contributed by atoms with Crippen molar-refractivity contribution in [1.82, 2.24) is 9.97 Å². The van der Waals surface area contributed by atoms with E-state index in [0.29, 0.717) is 11.7 Å². The van der Waals surface area contributed by atoms with Crippen LogP contribution in [0.25, 0.3) is 0 Å². The Labute approximate surface area is 78.0 Å². The third-order valence-electron chi connectivity index (χ3n) is 1.64. The lowest BCUT2D eigenvalue weighted by atomic mass is 10.1. The summed E-state index contributed by atoms with van der Waals surface area (Å²) in [6, 6.07) is 1.92. The average molecular weight is 185 g/mol. The minimum absolute atomic E-state index is 0.108. The van der Waals surface area contributed by atoms with E-state index < -0.39 is 0 Å². The van der Waals surface area contributed by atoms with Gasteiger partial charge < -0.3 is 0 Å². The Morgan fingerprint density at radius 3 is 2.50 bits per heavy atom. The van der Waals surface area contributed by atoms with E-state index in [1.54, 1.807) is 6.20 Å². The summed E-state index contributed by atoms with van der Waals surface area (Å²) in [7, 11) is 0. The number of aromatic nitrogens is 2. The lowest BCUT2D eigenvalue weighted by Crippen LogP contribution is -2.00. The number of hydrogen-bond acceptors (Lipinski definition) is 2. The Morgan fingerprint density at radius 1 is 1.33 bits per heavy atom. The molecule has 0 saturated heterocycles. The molecule has 0 aliphatic rings. The molecule has 0 bridgehead atoms. The smallest absolute Gasteiger partial charge is 0.146 e. The van der Waals surface area contributed by atoms with Gasteiger partial charge >= 0.3 is 0 Å². The molecule has 0 saturated carbocycles. The number of alkyl halides is 1. The average Bonchev–Trinajstić information content (AvgIpc) is 2.04. The van der Waals surface area contributed by atoms with Gasteiger partial charge in [0.15, 0.2) is 0 Å². The Hall–Kier alpha value is -0.630. The fraction of sp³-hybridized carbons (Fsp3) is 0.556. The molecule has 0 fully saturated rings. The molecule has 1 atom stereocenters. The molecular weight excluding hydrogens is 172 g/mol. The fourth-order valence-electron chi connectivity index (χ4n) is 0.902. The van der Waals surface area contributed by atoms with E-state index in [0.717, 1.165) is 5.69 Å².